The molecule has 2 saturated heterocycles. The Bertz CT molecular complexity index is 231. The second-order valence-electron chi connectivity index (χ2n) is 5.06. The number of carbonyl (C=O) groups excluding carboxylic acids is 1. The molecule has 16 heavy (non-hydrogen) atoms. The zero-order valence-electron chi connectivity index (χ0n) is 10.2. The Balaban J connectivity index is 0.00000128. The van der Waals surface area contributed by atoms with E-state index in [0.29, 0.717) is 18.0 Å². The molecule has 3 atom stereocenters. The number of amides is 1. The molecule has 0 aromatic heterocycles. The lowest BCUT2D eigenvalue weighted by molar-refractivity contribution is -0.141. The highest BCUT2D eigenvalue weighted by molar-refractivity contribution is 5.85. The van der Waals surface area contributed by atoms with Crippen LogP contribution in [0.1, 0.15) is 39.5 Å². The Labute approximate surface area is 104 Å². The molecule has 0 aromatic carbocycles. The maximum atomic E-state index is 12.3. The third-order valence-corrected chi connectivity index (χ3v) is 3.86. The van der Waals surface area contributed by atoms with E-state index in [9.17, 15) is 4.79 Å². The Morgan fingerprint density at radius 3 is 2.31 bits per heavy atom. The average Bonchev–Trinajstić information content (AvgIpc) is 2.69. The molecule has 2 rings (SSSR count). The Kier molecular flexibility index (Phi) is 5.06. The third kappa shape index (κ3) is 2.69. The number of hydrogen-bond acceptors (Lipinski definition) is 2. The van der Waals surface area contributed by atoms with Crippen molar-refractivity contribution in [2.75, 3.05) is 13.1 Å². The molecule has 0 spiro atoms. The molecule has 0 aliphatic carbocycles. The van der Waals surface area contributed by atoms with Gasteiger partial charge in [0, 0.05) is 18.6 Å². The number of nitrogens with one attached hydrogen (secondary N) is 1. The maximum absolute atomic E-state index is 12.3. The summed E-state index contributed by atoms with van der Waals surface area (Å²) in [7, 11) is 0. The van der Waals surface area contributed by atoms with E-state index in [1.165, 1.54) is 19.3 Å². The van der Waals surface area contributed by atoms with Gasteiger partial charge in [0.25, 0.3) is 0 Å². The first-order chi connectivity index (χ1) is 7.20. The SMILES string of the molecule is CC1CCCC(C)N1C(=O)[C@H]1CCNC1.Cl. The van der Waals surface area contributed by atoms with Gasteiger partial charge in [0.1, 0.15) is 0 Å². The van der Waals surface area contributed by atoms with Gasteiger partial charge < -0.3 is 10.2 Å². The smallest absolute Gasteiger partial charge is 0.227 e. The van der Waals surface area contributed by atoms with Crippen LogP contribution in [0.2, 0.25) is 0 Å². The van der Waals surface area contributed by atoms with Gasteiger partial charge in [-0.1, -0.05) is 0 Å². The number of carbonyl (C=O) groups is 1. The lowest BCUT2D eigenvalue weighted by Gasteiger charge is -2.40. The van der Waals surface area contributed by atoms with Crippen molar-refractivity contribution in [1.82, 2.24) is 10.2 Å². The van der Waals surface area contributed by atoms with Crippen molar-refractivity contribution < 1.29 is 4.79 Å². The fourth-order valence-electron chi connectivity index (χ4n) is 2.93. The topological polar surface area (TPSA) is 32.3 Å². The van der Waals surface area contributed by atoms with E-state index in [-0.39, 0.29) is 18.3 Å². The molecule has 94 valence electrons. The van der Waals surface area contributed by atoms with Gasteiger partial charge >= 0.3 is 0 Å². The molecule has 2 heterocycles. The lowest BCUT2D eigenvalue weighted by Crippen LogP contribution is -2.50. The highest BCUT2D eigenvalue weighted by Gasteiger charge is 2.34. The first kappa shape index (κ1) is 13.8. The molecule has 1 amide bonds. The minimum Gasteiger partial charge on any atom is -0.337 e. The van der Waals surface area contributed by atoms with E-state index in [1.54, 1.807) is 0 Å². The van der Waals surface area contributed by atoms with Crippen LogP contribution in [0.5, 0.6) is 0 Å². The second kappa shape index (κ2) is 5.87. The fraction of sp³-hybridized carbons (Fsp3) is 0.917. The molecule has 4 heteroatoms. The van der Waals surface area contributed by atoms with E-state index in [1.807, 2.05) is 0 Å². The number of rotatable bonds is 1. The summed E-state index contributed by atoms with van der Waals surface area (Å²) >= 11 is 0. The van der Waals surface area contributed by atoms with E-state index in [4.69, 9.17) is 0 Å². The molecule has 2 aliphatic rings. The van der Waals surface area contributed by atoms with Crippen molar-refractivity contribution in [3.8, 4) is 0 Å². The Morgan fingerprint density at radius 2 is 1.81 bits per heavy atom. The molecule has 2 aliphatic heterocycles. The number of halogens is 1. The number of hydrogen-bond donors (Lipinski definition) is 1. The molecular weight excluding hydrogens is 224 g/mol. The number of piperidine rings is 1. The first-order valence-corrected chi connectivity index (χ1v) is 6.23. The van der Waals surface area contributed by atoms with Gasteiger partial charge in [-0.15, -0.1) is 12.4 Å². The quantitative estimate of drug-likeness (QED) is 0.766. The summed E-state index contributed by atoms with van der Waals surface area (Å²) in [6.07, 6.45) is 4.65. The molecule has 3 nitrogen and oxygen atoms in total. The van der Waals surface area contributed by atoms with Gasteiger partial charge in [0.05, 0.1) is 5.92 Å². The average molecular weight is 247 g/mol. The summed E-state index contributed by atoms with van der Waals surface area (Å²) in [6.45, 7) is 6.27. The Hall–Kier alpha value is -0.280. The van der Waals surface area contributed by atoms with Crippen LogP contribution >= 0.6 is 12.4 Å². The standard InChI is InChI=1S/C12H22N2O.ClH/c1-9-4-3-5-10(2)14(9)12(15)11-6-7-13-8-11;/h9-11,13H,3-8H2,1-2H3;1H/t9?,10?,11-;/m0./s1. The van der Waals surface area contributed by atoms with Gasteiger partial charge in [-0.2, -0.15) is 0 Å². The zero-order valence-corrected chi connectivity index (χ0v) is 11.1. The Morgan fingerprint density at radius 1 is 1.19 bits per heavy atom. The molecular formula is C12H23ClN2O. The van der Waals surface area contributed by atoms with Gasteiger partial charge in [-0.25, -0.2) is 0 Å². The van der Waals surface area contributed by atoms with Crippen LogP contribution in [-0.2, 0) is 4.79 Å². The van der Waals surface area contributed by atoms with E-state index in [0.717, 1.165) is 19.5 Å². The van der Waals surface area contributed by atoms with Crippen molar-refractivity contribution in [1.29, 1.82) is 0 Å². The minimum absolute atomic E-state index is 0. The third-order valence-electron chi connectivity index (χ3n) is 3.86. The highest BCUT2D eigenvalue weighted by Crippen LogP contribution is 2.25. The van der Waals surface area contributed by atoms with Crippen LogP contribution in [0.3, 0.4) is 0 Å². The first-order valence-electron chi connectivity index (χ1n) is 6.23. The monoisotopic (exact) mass is 246 g/mol. The summed E-state index contributed by atoms with van der Waals surface area (Å²) in [5, 5.41) is 3.27. The maximum Gasteiger partial charge on any atom is 0.227 e. The molecule has 0 radical (unpaired) electrons. The normalized spacial score (nSPS) is 34.6. The van der Waals surface area contributed by atoms with Crippen molar-refractivity contribution in [2.45, 2.75) is 51.6 Å². The predicted octanol–water partition coefficient (Wildman–Crippen LogP) is 1.81. The fourth-order valence-corrected chi connectivity index (χ4v) is 2.93. The zero-order chi connectivity index (χ0) is 10.8. The highest BCUT2D eigenvalue weighted by atomic mass is 35.5. The van der Waals surface area contributed by atoms with Crippen molar-refractivity contribution in [3.05, 3.63) is 0 Å². The lowest BCUT2D eigenvalue weighted by atomic mass is 9.95. The number of nitrogens with zero attached hydrogens (tertiary/aromatic N) is 1. The predicted molar refractivity (Wildman–Crippen MR) is 67.8 cm³/mol. The van der Waals surface area contributed by atoms with E-state index >= 15 is 0 Å². The summed E-state index contributed by atoms with van der Waals surface area (Å²) in [6, 6.07) is 0.892. The largest absolute Gasteiger partial charge is 0.337 e. The van der Waals surface area contributed by atoms with Crippen LogP contribution in [0, 0.1) is 5.92 Å². The van der Waals surface area contributed by atoms with Crippen LogP contribution < -0.4 is 5.32 Å². The molecule has 0 saturated carbocycles. The summed E-state index contributed by atoms with van der Waals surface area (Å²) in [5.74, 6) is 0.632. The second-order valence-corrected chi connectivity index (χ2v) is 5.06. The van der Waals surface area contributed by atoms with Crippen molar-refractivity contribution in [2.24, 2.45) is 5.92 Å². The van der Waals surface area contributed by atoms with Crippen molar-refractivity contribution in [3.63, 3.8) is 0 Å². The van der Waals surface area contributed by atoms with Gasteiger partial charge in [-0.05, 0) is 46.1 Å². The summed E-state index contributed by atoms with van der Waals surface area (Å²) < 4.78 is 0. The molecule has 2 fully saturated rings. The van der Waals surface area contributed by atoms with E-state index < -0.39 is 0 Å². The van der Waals surface area contributed by atoms with Gasteiger partial charge in [-0.3, -0.25) is 4.79 Å². The summed E-state index contributed by atoms with van der Waals surface area (Å²) in [5.41, 5.74) is 0. The summed E-state index contributed by atoms with van der Waals surface area (Å²) in [4.78, 5) is 14.4. The van der Waals surface area contributed by atoms with Gasteiger partial charge in [0.2, 0.25) is 5.91 Å². The molecule has 1 N–H and O–H groups in total. The van der Waals surface area contributed by atoms with Crippen LogP contribution in [-0.4, -0.2) is 36.0 Å². The molecule has 0 bridgehead atoms. The van der Waals surface area contributed by atoms with E-state index in [2.05, 4.69) is 24.1 Å². The number of likely N-dealkylation sites (tertiary alicyclic amines) is 1. The van der Waals surface area contributed by atoms with Crippen molar-refractivity contribution >= 4 is 18.3 Å². The molecule has 0 aromatic rings. The van der Waals surface area contributed by atoms with Crippen LogP contribution in [0.25, 0.3) is 0 Å². The van der Waals surface area contributed by atoms with Crippen LogP contribution in [0.15, 0.2) is 0 Å². The van der Waals surface area contributed by atoms with Crippen LogP contribution in [0.4, 0.5) is 0 Å². The minimum atomic E-state index is 0. The molecule has 2 unspecified atom stereocenters. The van der Waals surface area contributed by atoms with Gasteiger partial charge in [0.15, 0.2) is 0 Å².